The lowest BCUT2D eigenvalue weighted by atomic mass is 10.2. The average Bonchev–Trinajstić information content (AvgIpc) is 3.49. The van der Waals surface area contributed by atoms with Gasteiger partial charge in [-0.3, -0.25) is 4.57 Å². The molecule has 2 aromatic heterocycles. The van der Waals surface area contributed by atoms with E-state index in [2.05, 4.69) is 48.9 Å². The number of aromatic nitrogens is 5. The van der Waals surface area contributed by atoms with Gasteiger partial charge in [-0.05, 0) is 37.6 Å². The van der Waals surface area contributed by atoms with E-state index in [1.807, 2.05) is 49.4 Å². The fraction of sp³-hybridized carbons (Fsp3) is 0.304. The zero-order valence-corrected chi connectivity index (χ0v) is 18.8. The summed E-state index contributed by atoms with van der Waals surface area (Å²) in [5.74, 6) is 1.90. The highest BCUT2D eigenvalue weighted by atomic mass is 32.2. The van der Waals surface area contributed by atoms with Crippen molar-refractivity contribution in [2.75, 3.05) is 31.2 Å². The van der Waals surface area contributed by atoms with E-state index >= 15 is 0 Å². The minimum absolute atomic E-state index is 0.0931. The van der Waals surface area contributed by atoms with Crippen molar-refractivity contribution >= 4 is 17.7 Å². The third kappa shape index (κ3) is 4.13. The summed E-state index contributed by atoms with van der Waals surface area (Å²) in [6, 6.07) is 18.0. The Labute approximate surface area is 190 Å². The zero-order chi connectivity index (χ0) is 21.9. The molecule has 0 bridgehead atoms. The molecule has 164 valence electrons. The van der Waals surface area contributed by atoms with Crippen molar-refractivity contribution in [1.29, 1.82) is 0 Å². The Kier molecular flexibility index (Phi) is 5.91. The number of thioether (sulfide) groups is 1. The van der Waals surface area contributed by atoms with Crippen LogP contribution in [0.1, 0.15) is 23.6 Å². The summed E-state index contributed by atoms with van der Waals surface area (Å²) in [4.78, 5) is 2.22. The third-order valence-corrected chi connectivity index (χ3v) is 6.39. The molecular weight excluding hydrogens is 424 g/mol. The van der Waals surface area contributed by atoms with Gasteiger partial charge in [0.1, 0.15) is 0 Å². The van der Waals surface area contributed by atoms with Gasteiger partial charge in [-0.15, -0.1) is 20.4 Å². The highest BCUT2D eigenvalue weighted by molar-refractivity contribution is 7.99. The van der Waals surface area contributed by atoms with Crippen LogP contribution in [0.3, 0.4) is 0 Å². The van der Waals surface area contributed by atoms with Crippen LogP contribution in [-0.2, 0) is 4.74 Å². The lowest BCUT2D eigenvalue weighted by Gasteiger charge is -2.28. The van der Waals surface area contributed by atoms with Crippen LogP contribution < -0.4 is 4.90 Å². The summed E-state index contributed by atoms with van der Waals surface area (Å²) in [6.07, 6.45) is 0. The molecule has 1 aliphatic heterocycles. The van der Waals surface area contributed by atoms with Crippen LogP contribution in [0.25, 0.3) is 17.1 Å². The number of ether oxygens (including phenoxy) is 1. The first-order chi connectivity index (χ1) is 15.7. The Hall–Kier alpha value is -3.17. The Bertz CT molecular complexity index is 1190. The average molecular weight is 449 g/mol. The monoisotopic (exact) mass is 448 g/mol. The Morgan fingerprint density at radius 1 is 0.906 bits per heavy atom. The first-order valence-electron chi connectivity index (χ1n) is 10.6. The van der Waals surface area contributed by atoms with Crippen LogP contribution in [0.5, 0.6) is 0 Å². The third-order valence-electron chi connectivity index (χ3n) is 5.36. The maximum atomic E-state index is 5.97. The second-order valence-corrected chi connectivity index (χ2v) is 8.88. The van der Waals surface area contributed by atoms with Crippen LogP contribution in [-0.4, -0.2) is 51.3 Å². The molecule has 0 N–H and O–H groups in total. The Morgan fingerprint density at radius 3 is 2.44 bits per heavy atom. The van der Waals surface area contributed by atoms with E-state index in [4.69, 9.17) is 9.15 Å². The van der Waals surface area contributed by atoms with Crippen LogP contribution in [0.4, 0.5) is 5.95 Å². The van der Waals surface area contributed by atoms with Crippen LogP contribution in [0.15, 0.2) is 64.2 Å². The van der Waals surface area contributed by atoms with Gasteiger partial charge in [-0.2, -0.15) is 0 Å². The van der Waals surface area contributed by atoms with Gasteiger partial charge in [-0.25, -0.2) is 0 Å². The molecule has 0 spiro atoms. The van der Waals surface area contributed by atoms with Crippen molar-refractivity contribution in [2.45, 2.75) is 24.3 Å². The summed E-state index contributed by atoms with van der Waals surface area (Å²) in [5.41, 5.74) is 3.12. The van der Waals surface area contributed by atoms with Crippen molar-refractivity contribution < 1.29 is 9.15 Å². The standard InChI is InChI=1S/C23H24N6O2S/c1-16-8-6-7-11-19(16)29-22(28-12-14-30-15-13-28)26-27-23(29)32-17(2)20-24-25-21(31-20)18-9-4-3-5-10-18/h3-11,17H,12-15H2,1-2H3/t17-/m1/s1. The van der Waals surface area contributed by atoms with E-state index in [1.54, 1.807) is 11.8 Å². The van der Waals surface area contributed by atoms with Gasteiger partial charge in [0.05, 0.1) is 24.2 Å². The van der Waals surface area contributed by atoms with Crippen molar-refractivity contribution in [3.05, 3.63) is 66.1 Å². The summed E-state index contributed by atoms with van der Waals surface area (Å²) in [6.45, 7) is 7.08. The molecule has 9 heteroatoms. The minimum Gasteiger partial charge on any atom is -0.419 e. The molecule has 1 saturated heterocycles. The van der Waals surface area contributed by atoms with Gasteiger partial charge >= 0.3 is 0 Å². The van der Waals surface area contributed by atoms with E-state index in [1.165, 1.54) is 0 Å². The number of aryl methyl sites for hydroxylation is 1. The molecule has 3 heterocycles. The number of morpholine rings is 1. The summed E-state index contributed by atoms with van der Waals surface area (Å²) >= 11 is 1.56. The molecule has 1 fully saturated rings. The SMILES string of the molecule is Cc1ccccc1-n1c(S[C@H](C)c2nnc(-c3ccccc3)o2)nnc1N1CCOCC1. The summed E-state index contributed by atoms with van der Waals surface area (Å²) in [7, 11) is 0. The predicted molar refractivity (Wildman–Crippen MR) is 123 cm³/mol. The van der Waals surface area contributed by atoms with E-state index in [0.717, 1.165) is 41.0 Å². The topological polar surface area (TPSA) is 82.1 Å². The molecule has 0 saturated carbocycles. The Balaban J connectivity index is 1.46. The molecule has 4 aromatic rings. The maximum absolute atomic E-state index is 5.97. The quantitative estimate of drug-likeness (QED) is 0.404. The summed E-state index contributed by atoms with van der Waals surface area (Å²) < 4.78 is 13.6. The van der Waals surface area contributed by atoms with E-state index in [0.29, 0.717) is 25.0 Å². The fourth-order valence-corrected chi connectivity index (χ4v) is 4.52. The highest BCUT2D eigenvalue weighted by Gasteiger charge is 2.25. The van der Waals surface area contributed by atoms with Crippen molar-refractivity contribution in [1.82, 2.24) is 25.0 Å². The largest absolute Gasteiger partial charge is 0.419 e. The molecule has 0 aliphatic carbocycles. The van der Waals surface area contributed by atoms with Crippen LogP contribution >= 0.6 is 11.8 Å². The van der Waals surface area contributed by atoms with Crippen LogP contribution in [0.2, 0.25) is 0 Å². The molecule has 0 amide bonds. The number of para-hydroxylation sites is 1. The van der Waals surface area contributed by atoms with Crippen molar-refractivity contribution in [2.24, 2.45) is 0 Å². The minimum atomic E-state index is -0.0931. The van der Waals surface area contributed by atoms with Gasteiger partial charge in [-0.1, -0.05) is 48.2 Å². The molecule has 32 heavy (non-hydrogen) atoms. The van der Waals surface area contributed by atoms with E-state index in [-0.39, 0.29) is 5.25 Å². The van der Waals surface area contributed by atoms with Gasteiger partial charge in [0.25, 0.3) is 0 Å². The lowest BCUT2D eigenvalue weighted by Crippen LogP contribution is -2.38. The van der Waals surface area contributed by atoms with Gasteiger partial charge in [0, 0.05) is 18.7 Å². The number of rotatable bonds is 6. The van der Waals surface area contributed by atoms with E-state index < -0.39 is 0 Å². The number of hydrogen-bond donors (Lipinski definition) is 0. The fourth-order valence-electron chi connectivity index (χ4n) is 3.64. The maximum Gasteiger partial charge on any atom is 0.247 e. The smallest absolute Gasteiger partial charge is 0.247 e. The van der Waals surface area contributed by atoms with Gasteiger partial charge in [0.2, 0.25) is 17.7 Å². The molecule has 0 radical (unpaired) electrons. The highest BCUT2D eigenvalue weighted by Crippen LogP contribution is 2.37. The first-order valence-corrected chi connectivity index (χ1v) is 11.5. The van der Waals surface area contributed by atoms with Gasteiger partial charge in [0.15, 0.2) is 5.16 Å². The van der Waals surface area contributed by atoms with Crippen LogP contribution in [0, 0.1) is 6.92 Å². The molecule has 1 atom stereocenters. The first kappa shape index (κ1) is 20.7. The van der Waals surface area contributed by atoms with Gasteiger partial charge < -0.3 is 14.1 Å². The Morgan fingerprint density at radius 2 is 1.66 bits per heavy atom. The molecule has 0 unspecified atom stereocenters. The van der Waals surface area contributed by atoms with Crippen molar-refractivity contribution in [3.8, 4) is 17.1 Å². The molecule has 5 rings (SSSR count). The number of anilines is 1. The predicted octanol–water partition coefficient (Wildman–Crippen LogP) is 4.32. The molecule has 2 aromatic carbocycles. The second kappa shape index (κ2) is 9.13. The van der Waals surface area contributed by atoms with E-state index in [9.17, 15) is 0 Å². The zero-order valence-electron chi connectivity index (χ0n) is 18.0. The molecule has 1 aliphatic rings. The normalized spacial score (nSPS) is 15.1. The summed E-state index contributed by atoms with van der Waals surface area (Å²) in [5, 5.41) is 18.3. The number of nitrogens with zero attached hydrogens (tertiary/aromatic N) is 6. The lowest BCUT2D eigenvalue weighted by molar-refractivity contribution is 0.122. The molecular formula is C23H24N6O2S. The molecule has 8 nitrogen and oxygen atoms in total. The van der Waals surface area contributed by atoms with Crippen molar-refractivity contribution in [3.63, 3.8) is 0 Å². The number of benzene rings is 2. The number of hydrogen-bond acceptors (Lipinski definition) is 8. The second-order valence-electron chi connectivity index (χ2n) is 7.58.